The van der Waals surface area contributed by atoms with Gasteiger partial charge in [0, 0.05) is 35.6 Å². The Morgan fingerprint density at radius 3 is 2.65 bits per heavy atom. The highest BCUT2D eigenvalue weighted by Crippen LogP contribution is 2.48. The van der Waals surface area contributed by atoms with Gasteiger partial charge >= 0.3 is 0 Å². The Morgan fingerprint density at radius 1 is 1.29 bits per heavy atom. The predicted molar refractivity (Wildman–Crippen MR) is 60.1 cm³/mol. The van der Waals surface area contributed by atoms with Crippen LogP contribution in [0.5, 0.6) is 5.75 Å². The molecule has 92 valence electrons. The Morgan fingerprint density at radius 2 is 2.06 bits per heavy atom. The molecule has 0 saturated heterocycles. The molecular weight excluding hydrogens is 224 g/mol. The zero-order valence-electron chi connectivity index (χ0n) is 9.56. The number of ether oxygens (including phenoxy) is 1. The van der Waals surface area contributed by atoms with Crippen LogP contribution in [-0.4, -0.2) is 13.2 Å². The van der Waals surface area contributed by atoms with Crippen molar-refractivity contribution in [1.29, 1.82) is 0 Å². The van der Waals surface area contributed by atoms with Crippen molar-refractivity contribution in [2.24, 2.45) is 5.73 Å². The third-order valence-electron chi connectivity index (χ3n) is 4.12. The molecule has 3 rings (SSSR count). The third kappa shape index (κ3) is 1.40. The average Bonchev–Trinajstić information content (AvgIpc) is 2.70. The second-order valence-electron chi connectivity index (χ2n) is 4.96. The van der Waals surface area contributed by atoms with Crippen LogP contribution in [0.4, 0.5) is 8.78 Å². The SMILES string of the molecule is NCC1(c2c(F)cc(F)c3c2CCO3)CCC1. The Hall–Kier alpha value is -1.16. The highest BCUT2D eigenvalue weighted by Gasteiger charge is 2.43. The Kier molecular flexibility index (Phi) is 2.36. The molecule has 2 N–H and O–H groups in total. The van der Waals surface area contributed by atoms with Gasteiger partial charge in [0.25, 0.3) is 0 Å². The van der Waals surface area contributed by atoms with Crippen LogP contribution in [0.25, 0.3) is 0 Å². The molecule has 0 spiro atoms. The Balaban J connectivity index is 2.19. The molecule has 0 aromatic heterocycles. The molecule has 2 aliphatic rings. The van der Waals surface area contributed by atoms with Crippen molar-refractivity contribution in [2.75, 3.05) is 13.2 Å². The van der Waals surface area contributed by atoms with Gasteiger partial charge in [0.1, 0.15) is 5.82 Å². The summed E-state index contributed by atoms with van der Waals surface area (Å²) in [6.07, 6.45) is 3.42. The van der Waals surface area contributed by atoms with Crippen molar-refractivity contribution < 1.29 is 13.5 Å². The van der Waals surface area contributed by atoms with E-state index in [-0.39, 0.29) is 11.2 Å². The van der Waals surface area contributed by atoms with Crippen LogP contribution < -0.4 is 10.5 Å². The van der Waals surface area contributed by atoms with E-state index >= 15 is 0 Å². The minimum atomic E-state index is -0.592. The van der Waals surface area contributed by atoms with Gasteiger partial charge in [-0.3, -0.25) is 0 Å². The normalized spacial score (nSPS) is 20.6. The van der Waals surface area contributed by atoms with Gasteiger partial charge in [-0.1, -0.05) is 6.42 Å². The van der Waals surface area contributed by atoms with Gasteiger partial charge in [-0.05, 0) is 12.8 Å². The third-order valence-corrected chi connectivity index (χ3v) is 4.12. The fourth-order valence-corrected chi connectivity index (χ4v) is 3.03. The maximum Gasteiger partial charge on any atom is 0.168 e. The van der Waals surface area contributed by atoms with Gasteiger partial charge in [-0.15, -0.1) is 0 Å². The first-order chi connectivity index (χ1) is 8.18. The standard InChI is InChI=1S/C13H15F2NO/c14-9-6-10(15)12-8(2-5-17-12)11(9)13(7-16)3-1-4-13/h6H,1-5,7,16H2. The summed E-state index contributed by atoms with van der Waals surface area (Å²) in [5.74, 6) is -0.816. The lowest BCUT2D eigenvalue weighted by Crippen LogP contribution is -2.43. The number of hydrogen-bond donors (Lipinski definition) is 1. The summed E-state index contributed by atoms with van der Waals surface area (Å²) in [6, 6.07) is 0.940. The lowest BCUT2D eigenvalue weighted by atomic mass is 9.63. The highest BCUT2D eigenvalue weighted by molar-refractivity contribution is 5.49. The zero-order valence-corrected chi connectivity index (χ0v) is 9.56. The van der Waals surface area contributed by atoms with E-state index in [1.54, 1.807) is 0 Å². The number of nitrogens with two attached hydrogens (primary N) is 1. The topological polar surface area (TPSA) is 35.2 Å². The van der Waals surface area contributed by atoms with Crippen molar-refractivity contribution in [3.8, 4) is 5.75 Å². The smallest absolute Gasteiger partial charge is 0.168 e. The molecule has 1 heterocycles. The van der Waals surface area contributed by atoms with Crippen LogP contribution >= 0.6 is 0 Å². The number of halogens is 2. The van der Waals surface area contributed by atoms with Crippen LogP contribution in [0.15, 0.2) is 6.07 Å². The number of benzene rings is 1. The largest absolute Gasteiger partial charge is 0.490 e. The number of fused-ring (bicyclic) bond motifs is 1. The molecule has 1 aliphatic carbocycles. The summed E-state index contributed by atoms with van der Waals surface area (Å²) in [5.41, 5.74) is 6.83. The molecule has 1 fully saturated rings. The maximum atomic E-state index is 14.1. The van der Waals surface area contributed by atoms with Crippen LogP contribution in [0.2, 0.25) is 0 Å². The Bertz CT molecular complexity index is 463. The highest BCUT2D eigenvalue weighted by atomic mass is 19.1. The molecule has 0 radical (unpaired) electrons. The van der Waals surface area contributed by atoms with E-state index in [2.05, 4.69) is 0 Å². The molecule has 1 aliphatic heterocycles. The second kappa shape index (κ2) is 3.67. The number of hydrogen-bond acceptors (Lipinski definition) is 2. The first-order valence-corrected chi connectivity index (χ1v) is 6.02. The predicted octanol–water partition coefficient (Wildman–Crippen LogP) is 2.28. The van der Waals surface area contributed by atoms with E-state index in [1.807, 2.05) is 0 Å². The first kappa shape index (κ1) is 11.0. The molecular formula is C13H15F2NO. The monoisotopic (exact) mass is 239 g/mol. The van der Waals surface area contributed by atoms with E-state index in [0.717, 1.165) is 25.3 Å². The van der Waals surface area contributed by atoms with E-state index < -0.39 is 11.6 Å². The molecule has 1 aromatic carbocycles. The Labute approximate surface area is 98.8 Å². The summed E-state index contributed by atoms with van der Waals surface area (Å²) >= 11 is 0. The molecule has 1 aromatic rings. The zero-order chi connectivity index (χ0) is 12.0. The van der Waals surface area contributed by atoms with Gasteiger partial charge in [0.2, 0.25) is 0 Å². The van der Waals surface area contributed by atoms with Crippen molar-refractivity contribution in [2.45, 2.75) is 31.1 Å². The van der Waals surface area contributed by atoms with Crippen molar-refractivity contribution >= 4 is 0 Å². The first-order valence-electron chi connectivity index (χ1n) is 6.02. The fraction of sp³-hybridized carbons (Fsp3) is 0.538. The fourth-order valence-electron chi connectivity index (χ4n) is 3.03. The summed E-state index contributed by atoms with van der Waals surface area (Å²) in [6.45, 7) is 0.853. The van der Waals surface area contributed by atoms with E-state index in [9.17, 15) is 8.78 Å². The van der Waals surface area contributed by atoms with E-state index in [4.69, 9.17) is 10.5 Å². The summed E-state index contributed by atoms with van der Waals surface area (Å²) < 4.78 is 32.9. The van der Waals surface area contributed by atoms with Crippen LogP contribution in [-0.2, 0) is 11.8 Å². The van der Waals surface area contributed by atoms with Crippen LogP contribution in [0.1, 0.15) is 30.4 Å². The molecule has 0 amide bonds. The average molecular weight is 239 g/mol. The summed E-state index contributed by atoms with van der Waals surface area (Å²) in [5, 5.41) is 0. The molecule has 2 nitrogen and oxygen atoms in total. The summed E-state index contributed by atoms with van der Waals surface area (Å²) in [7, 11) is 0. The van der Waals surface area contributed by atoms with E-state index in [1.165, 1.54) is 0 Å². The molecule has 0 atom stereocenters. The van der Waals surface area contributed by atoms with Crippen LogP contribution in [0, 0.1) is 11.6 Å². The molecule has 4 heteroatoms. The molecule has 17 heavy (non-hydrogen) atoms. The van der Waals surface area contributed by atoms with Crippen molar-refractivity contribution in [3.63, 3.8) is 0 Å². The van der Waals surface area contributed by atoms with Crippen molar-refractivity contribution in [3.05, 3.63) is 28.8 Å². The maximum absolute atomic E-state index is 14.1. The lowest BCUT2D eigenvalue weighted by molar-refractivity contribution is 0.242. The van der Waals surface area contributed by atoms with Gasteiger partial charge < -0.3 is 10.5 Å². The minimum absolute atomic E-state index is 0.237. The molecule has 0 unspecified atom stereocenters. The lowest BCUT2D eigenvalue weighted by Gasteiger charge is -2.42. The number of rotatable bonds is 2. The molecule has 0 bridgehead atoms. The van der Waals surface area contributed by atoms with E-state index in [0.29, 0.717) is 30.7 Å². The van der Waals surface area contributed by atoms with Crippen molar-refractivity contribution in [1.82, 2.24) is 0 Å². The molecule has 1 saturated carbocycles. The van der Waals surface area contributed by atoms with Gasteiger partial charge in [0.15, 0.2) is 11.6 Å². The summed E-state index contributed by atoms with van der Waals surface area (Å²) in [4.78, 5) is 0. The minimum Gasteiger partial charge on any atom is -0.490 e. The second-order valence-corrected chi connectivity index (χ2v) is 4.96. The van der Waals surface area contributed by atoms with Gasteiger partial charge in [-0.2, -0.15) is 0 Å². The van der Waals surface area contributed by atoms with Crippen LogP contribution in [0.3, 0.4) is 0 Å². The van der Waals surface area contributed by atoms with Gasteiger partial charge in [0.05, 0.1) is 6.61 Å². The quantitative estimate of drug-likeness (QED) is 0.859. The van der Waals surface area contributed by atoms with Gasteiger partial charge in [-0.25, -0.2) is 8.78 Å².